The zero-order valence-electron chi connectivity index (χ0n) is 11.8. The van der Waals surface area contributed by atoms with Gasteiger partial charge in [0.1, 0.15) is 12.4 Å². The van der Waals surface area contributed by atoms with Crippen LogP contribution in [0.4, 0.5) is 0 Å². The van der Waals surface area contributed by atoms with Crippen molar-refractivity contribution in [3.05, 3.63) is 24.3 Å². The monoisotopic (exact) mass is 292 g/mol. The van der Waals surface area contributed by atoms with Crippen molar-refractivity contribution in [3.63, 3.8) is 0 Å². The van der Waals surface area contributed by atoms with Crippen LogP contribution in [-0.4, -0.2) is 29.8 Å². The summed E-state index contributed by atoms with van der Waals surface area (Å²) in [6, 6.07) is 7.47. The Morgan fingerprint density at radius 3 is 2.65 bits per heavy atom. The van der Waals surface area contributed by atoms with Crippen molar-refractivity contribution >= 4 is 10.8 Å². The summed E-state index contributed by atoms with van der Waals surface area (Å²) >= 11 is 0. The lowest BCUT2D eigenvalue weighted by Crippen LogP contribution is -2.21. The molecular formula is C16H20O3S. The van der Waals surface area contributed by atoms with Crippen molar-refractivity contribution in [2.24, 2.45) is 5.92 Å². The van der Waals surface area contributed by atoms with E-state index in [1.54, 1.807) is 6.92 Å². The minimum absolute atomic E-state index is 0.390. The molecule has 1 aromatic carbocycles. The van der Waals surface area contributed by atoms with E-state index in [9.17, 15) is 4.21 Å². The molecule has 1 unspecified atom stereocenters. The maximum atomic E-state index is 12.3. The second-order valence-corrected chi connectivity index (χ2v) is 6.25. The molecule has 108 valence electrons. The van der Waals surface area contributed by atoms with E-state index < -0.39 is 10.8 Å². The summed E-state index contributed by atoms with van der Waals surface area (Å²) in [6.45, 7) is 3.77. The van der Waals surface area contributed by atoms with Gasteiger partial charge >= 0.3 is 0 Å². The lowest BCUT2D eigenvalue weighted by Gasteiger charge is -2.21. The second kappa shape index (κ2) is 8.08. The summed E-state index contributed by atoms with van der Waals surface area (Å²) in [7, 11) is -0.936. The Balaban J connectivity index is 1.87. The van der Waals surface area contributed by atoms with Crippen molar-refractivity contribution in [2.45, 2.75) is 24.7 Å². The van der Waals surface area contributed by atoms with Crippen LogP contribution in [0, 0.1) is 17.8 Å². The highest BCUT2D eigenvalue weighted by molar-refractivity contribution is 7.85. The third-order valence-corrected chi connectivity index (χ3v) is 4.87. The third kappa shape index (κ3) is 4.66. The molecule has 1 saturated heterocycles. The summed E-state index contributed by atoms with van der Waals surface area (Å²) in [5.41, 5.74) is 0. The van der Waals surface area contributed by atoms with Crippen LogP contribution in [0.5, 0.6) is 5.75 Å². The van der Waals surface area contributed by atoms with Gasteiger partial charge in [-0.2, -0.15) is 0 Å². The Hall–Kier alpha value is -1.31. The van der Waals surface area contributed by atoms with E-state index >= 15 is 0 Å². The molecule has 1 aromatic rings. The largest absolute Gasteiger partial charge is 0.481 e. The van der Waals surface area contributed by atoms with Crippen LogP contribution in [0.3, 0.4) is 0 Å². The fraction of sp³-hybridized carbons (Fsp3) is 0.500. The van der Waals surface area contributed by atoms with E-state index in [1.807, 2.05) is 24.3 Å². The van der Waals surface area contributed by atoms with Crippen LogP contribution >= 0.6 is 0 Å². The fourth-order valence-electron chi connectivity index (χ4n) is 2.10. The SMILES string of the molecule is CC#CCOc1ccc(S(=O)CC2CCOCC2)cc1. The maximum Gasteiger partial charge on any atom is 0.149 e. The highest BCUT2D eigenvalue weighted by Gasteiger charge is 2.17. The van der Waals surface area contributed by atoms with E-state index in [0.717, 1.165) is 42.5 Å². The minimum atomic E-state index is -0.936. The number of hydrogen-bond acceptors (Lipinski definition) is 3. The number of ether oxygens (including phenoxy) is 2. The summed E-state index contributed by atoms with van der Waals surface area (Å²) in [5.74, 6) is 7.63. The average Bonchev–Trinajstić information content (AvgIpc) is 2.49. The van der Waals surface area contributed by atoms with E-state index in [1.165, 1.54) is 0 Å². The summed E-state index contributed by atoms with van der Waals surface area (Å²) in [5, 5.41) is 0. The first-order valence-corrected chi connectivity index (χ1v) is 8.20. The van der Waals surface area contributed by atoms with Gasteiger partial charge in [-0.3, -0.25) is 4.21 Å². The molecule has 20 heavy (non-hydrogen) atoms. The smallest absolute Gasteiger partial charge is 0.149 e. The van der Waals surface area contributed by atoms with Crippen LogP contribution in [0.1, 0.15) is 19.8 Å². The molecule has 0 amide bonds. The zero-order valence-corrected chi connectivity index (χ0v) is 12.6. The zero-order chi connectivity index (χ0) is 14.2. The summed E-state index contributed by atoms with van der Waals surface area (Å²) in [4.78, 5) is 0.866. The van der Waals surface area contributed by atoms with E-state index in [4.69, 9.17) is 9.47 Å². The highest BCUT2D eigenvalue weighted by Crippen LogP contribution is 2.20. The molecule has 4 heteroatoms. The number of rotatable bonds is 5. The Labute approximate surface area is 123 Å². The average molecular weight is 292 g/mol. The number of hydrogen-bond donors (Lipinski definition) is 0. The van der Waals surface area contributed by atoms with E-state index in [-0.39, 0.29) is 0 Å². The van der Waals surface area contributed by atoms with Gasteiger partial charge in [0, 0.05) is 23.9 Å². The molecule has 1 heterocycles. The molecule has 3 nitrogen and oxygen atoms in total. The first kappa shape index (κ1) is 15.1. The standard InChI is InChI=1S/C16H20O3S/c1-2-3-10-19-15-4-6-16(7-5-15)20(17)13-14-8-11-18-12-9-14/h4-7,14H,8-13H2,1H3. The highest BCUT2D eigenvalue weighted by atomic mass is 32.2. The molecule has 0 bridgehead atoms. The molecule has 0 saturated carbocycles. The molecule has 1 atom stereocenters. The lowest BCUT2D eigenvalue weighted by molar-refractivity contribution is 0.0725. The van der Waals surface area contributed by atoms with Crippen molar-refractivity contribution in [1.29, 1.82) is 0 Å². The van der Waals surface area contributed by atoms with E-state index in [0.29, 0.717) is 12.5 Å². The predicted molar refractivity (Wildman–Crippen MR) is 80.2 cm³/mol. The quantitative estimate of drug-likeness (QED) is 0.783. The molecule has 0 N–H and O–H groups in total. The Morgan fingerprint density at radius 2 is 2.00 bits per heavy atom. The van der Waals surface area contributed by atoms with Gasteiger partial charge in [0.05, 0.1) is 10.8 Å². The van der Waals surface area contributed by atoms with Gasteiger partial charge in [0.15, 0.2) is 0 Å². The van der Waals surface area contributed by atoms with Crippen molar-refractivity contribution in [3.8, 4) is 17.6 Å². The first-order valence-electron chi connectivity index (χ1n) is 6.88. The topological polar surface area (TPSA) is 35.5 Å². The van der Waals surface area contributed by atoms with Crippen LogP contribution in [0.2, 0.25) is 0 Å². The molecular weight excluding hydrogens is 272 g/mol. The van der Waals surface area contributed by atoms with Gasteiger partial charge < -0.3 is 9.47 Å². The third-order valence-electron chi connectivity index (χ3n) is 3.30. The Kier molecular flexibility index (Phi) is 6.10. The second-order valence-electron chi connectivity index (χ2n) is 4.75. The van der Waals surface area contributed by atoms with Crippen LogP contribution in [0.15, 0.2) is 29.2 Å². The van der Waals surface area contributed by atoms with Crippen LogP contribution in [0.25, 0.3) is 0 Å². The molecule has 0 aliphatic carbocycles. The van der Waals surface area contributed by atoms with Gasteiger partial charge in [-0.1, -0.05) is 5.92 Å². The molecule has 1 aliphatic rings. The van der Waals surface area contributed by atoms with Crippen molar-refractivity contribution in [2.75, 3.05) is 25.6 Å². The Morgan fingerprint density at radius 1 is 1.30 bits per heavy atom. The maximum absolute atomic E-state index is 12.3. The molecule has 0 spiro atoms. The molecule has 1 aliphatic heterocycles. The number of benzene rings is 1. The molecule has 1 fully saturated rings. The summed E-state index contributed by atoms with van der Waals surface area (Å²) < 4.78 is 23.1. The van der Waals surface area contributed by atoms with Crippen LogP contribution < -0.4 is 4.74 Å². The normalized spacial score (nSPS) is 17.1. The van der Waals surface area contributed by atoms with Gasteiger partial charge in [-0.25, -0.2) is 0 Å². The van der Waals surface area contributed by atoms with Gasteiger partial charge in [-0.15, -0.1) is 5.92 Å². The fourth-order valence-corrected chi connectivity index (χ4v) is 3.50. The molecule has 0 aromatic heterocycles. The van der Waals surface area contributed by atoms with Crippen LogP contribution in [-0.2, 0) is 15.5 Å². The Bertz CT molecular complexity index is 493. The lowest BCUT2D eigenvalue weighted by atomic mass is 10.0. The van der Waals surface area contributed by atoms with Gasteiger partial charge in [0.2, 0.25) is 0 Å². The van der Waals surface area contributed by atoms with E-state index in [2.05, 4.69) is 11.8 Å². The van der Waals surface area contributed by atoms with Crippen molar-refractivity contribution < 1.29 is 13.7 Å². The first-order chi connectivity index (χ1) is 9.79. The molecule has 2 rings (SSSR count). The molecule has 0 radical (unpaired) electrons. The summed E-state index contributed by atoms with van der Waals surface area (Å²) in [6.07, 6.45) is 2.03. The minimum Gasteiger partial charge on any atom is -0.481 e. The van der Waals surface area contributed by atoms with Crippen molar-refractivity contribution in [1.82, 2.24) is 0 Å². The van der Waals surface area contributed by atoms with Gasteiger partial charge in [-0.05, 0) is 49.9 Å². The predicted octanol–water partition coefficient (Wildman–Crippen LogP) is 2.62. The van der Waals surface area contributed by atoms with Gasteiger partial charge in [0.25, 0.3) is 0 Å².